The Morgan fingerprint density at radius 1 is 1.00 bits per heavy atom. The van der Waals surface area contributed by atoms with Crippen molar-refractivity contribution in [3.63, 3.8) is 0 Å². The minimum atomic E-state index is 0. The summed E-state index contributed by atoms with van der Waals surface area (Å²) in [7, 11) is 0. The van der Waals surface area contributed by atoms with Crippen LogP contribution in [0, 0.1) is 0 Å². The summed E-state index contributed by atoms with van der Waals surface area (Å²) in [5, 5.41) is 0. The Hall–Kier alpha value is 2.20. The summed E-state index contributed by atoms with van der Waals surface area (Å²) in [5.74, 6) is 0. The molecule has 22 valence electrons. The van der Waals surface area contributed by atoms with E-state index in [1.54, 1.807) is 0 Å². The first-order valence-electron chi connectivity index (χ1n) is 0. The van der Waals surface area contributed by atoms with Crippen LogP contribution < -0.4 is 0 Å². The van der Waals surface area contributed by atoms with Crippen molar-refractivity contribution in [2.24, 2.45) is 0 Å². The van der Waals surface area contributed by atoms with Crippen LogP contribution in [0.2, 0.25) is 0 Å². The Labute approximate surface area is 71.5 Å². The van der Waals surface area contributed by atoms with Gasteiger partial charge in [0.25, 0.3) is 0 Å². The molecule has 2 radical (unpaired) electrons. The van der Waals surface area contributed by atoms with Crippen molar-refractivity contribution in [3.05, 3.63) is 0 Å². The van der Waals surface area contributed by atoms with Crippen molar-refractivity contribution < 1.29 is 61.3 Å². The van der Waals surface area contributed by atoms with Gasteiger partial charge in [-0.25, -0.2) is 0 Å². The van der Waals surface area contributed by atoms with E-state index >= 15 is 0 Å². The van der Waals surface area contributed by atoms with Crippen molar-refractivity contribution in [2.45, 2.75) is 0 Å². The standard InChI is InChI=1S/H3Si.Ti.V.W/h1H3;;;. The molecule has 0 saturated heterocycles. The van der Waals surface area contributed by atoms with Crippen LogP contribution >= 0.6 is 0 Å². The molecule has 4 heteroatoms. The van der Waals surface area contributed by atoms with Crippen LogP contribution in [0.3, 0.4) is 0 Å². The third kappa shape index (κ3) is 8.88. The molecule has 0 heterocycles. The molecule has 0 saturated carbocycles. The van der Waals surface area contributed by atoms with E-state index in [0.717, 1.165) is 0 Å². The number of hydrogen-bond acceptors (Lipinski definition) is 0. The van der Waals surface area contributed by atoms with Gasteiger partial charge in [-0.15, -0.1) is 0 Å². The second kappa shape index (κ2) is 18.9. The van der Waals surface area contributed by atoms with Gasteiger partial charge in [0.05, 0.1) is 0 Å². The van der Waals surface area contributed by atoms with E-state index in [1.807, 2.05) is 0 Å². The summed E-state index contributed by atoms with van der Waals surface area (Å²) in [5.41, 5.74) is 0. The van der Waals surface area contributed by atoms with Crippen molar-refractivity contribution in [1.29, 1.82) is 0 Å². The van der Waals surface area contributed by atoms with Crippen LogP contribution in [0.4, 0.5) is 0 Å². The van der Waals surface area contributed by atoms with Crippen LogP contribution in [0.1, 0.15) is 0 Å². The van der Waals surface area contributed by atoms with Gasteiger partial charge in [-0.1, -0.05) is 0 Å². The van der Waals surface area contributed by atoms with E-state index in [0.29, 0.717) is 0 Å². The molecule has 0 fully saturated rings. The third-order valence-corrected chi connectivity index (χ3v) is 0. The molecule has 0 aromatic carbocycles. The minimum absolute atomic E-state index is 0. The molecular formula is H3SiTiVW. The van der Waals surface area contributed by atoms with Gasteiger partial charge in [0.1, 0.15) is 0 Å². The van der Waals surface area contributed by atoms with Gasteiger partial charge >= 0.3 is 0 Å². The molecule has 0 aromatic rings. The van der Waals surface area contributed by atoms with E-state index < -0.39 is 0 Å². The summed E-state index contributed by atoms with van der Waals surface area (Å²) in [6, 6.07) is 0. The molecule has 0 aromatic heterocycles. The average molecular weight is 314 g/mol. The molecule has 0 aliphatic rings. The Balaban J connectivity index is 0. The molecule has 0 spiro atoms. The Morgan fingerprint density at radius 3 is 1.00 bits per heavy atom. The zero-order valence-electron chi connectivity index (χ0n) is 2.36. The smallest absolute Gasteiger partial charge is 0 e. The summed E-state index contributed by atoms with van der Waals surface area (Å²) in [6.07, 6.45) is 0. The van der Waals surface area contributed by atoms with Crippen molar-refractivity contribution in [2.75, 3.05) is 0 Å². The topological polar surface area (TPSA) is 0 Å². The second-order valence-electron chi connectivity index (χ2n) is 0. The third-order valence-electron chi connectivity index (χ3n) is 0. The molecule has 0 aliphatic heterocycles. The fourth-order valence-corrected chi connectivity index (χ4v) is 0. The molecule has 0 atom stereocenters. The minimum Gasteiger partial charge on any atom is -0.0125 e. The molecular weight excluding hydrogens is 311 g/mol. The fraction of sp³-hybridized carbons (Fsp3) is 0. The molecule has 0 aliphatic carbocycles. The van der Waals surface area contributed by atoms with Gasteiger partial charge < -0.3 is 0 Å². The van der Waals surface area contributed by atoms with Crippen LogP contribution in [-0.4, -0.2) is 11.0 Å². The van der Waals surface area contributed by atoms with Crippen LogP contribution in [0.25, 0.3) is 0 Å². The van der Waals surface area contributed by atoms with Gasteiger partial charge in [-0.2, -0.15) is 0 Å². The van der Waals surface area contributed by atoms with Crippen molar-refractivity contribution in [1.82, 2.24) is 0 Å². The number of rotatable bonds is 0. The maximum Gasteiger partial charge on any atom is 0 e. The molecule has 4 heavy (non-hydrogen) atoms. The Bertz CT molecular complexity index is 8.00. The largest absolute Gasteiger partial charge is 0.0125 e. The van der Waals surface area contributed by atoms with Crippen molar-refractivity contribution >= 4 is 11.0 Å². The van der Waals surface area contributed by atoms with E-state index in [2.05, 4.69) is 0 Å². The first-order valence-corrected chi connectivity index (χ1v) is 0. The molecule has 0 nitrogen and oxygen atoms in total. The average Bonchev–Trinajstić information content (AvgIpc) is 0. The van der Waals surface area contributed by atoms with Gasteiger partial charge in [0.2, 0.25) is 0 Å². The summed E-state index contributed by atoms with van der Waals surface area (Å²) < 4.78 is 0. The quantitative estimate of drug-likeness (QED) is 0.493. The molecule has 0 N–H and O–H groups in total. The summed E-state index contributed by atoms with van der Waals surface area (Å²) >= 11 is 0. The summed E-state index contributed by atoms with van der Waals surface area (Å²) in [6.45, 7) is 0. The van der Waals surface area contributed by atoms with Gasteiger partial charge in [0.15, 0.2) is 0 Å². The Kier molecular flexibility index (Phi) is 164. The zero-order chi connectivity index (χ0) is 0. The molecule has 0 amide bonds. The molecule has 0 bridgehead atoms. The van der Waals surface area contributed by atoms with Crippen LogP contribution in [0.15, 0.2) is 0 Å². The Morgan fingerprint density at radius 2 is 1.00 bits per heavy atom. The zero-order valence-corrected chi connectivity index (χ0v) is 10.2. The maximum absolute atomic E-state index is 0. The fourth-order valence-electron chi connectivity index (χ4n) is 0. The summed E-state index contributed by atoms with van der Waals surface area (Å²) in [4.78, 5) is 0. The van der Waals surface area contributed by atoms with E-state index in [1.165, 1.54) is 0 Å². The van der Waals surface area contributed by atoms with Gasteiger partial charge in [-0.05, 0) is 11.0 Å². The van der Waals surface area contributed by atoms with Crippen molar-refractivity contribution in [3.8, 4) is 0 Å². The van der Waals surface area contributed by atoms with Crippen LogP contribution in [-0.2, 0) is 61.3 Å². The molecule has 0 rings (SSSR count). The second-order valence-corrected chi connectivity index (χ2v) is 0. The maximum atomic E-state index is 0. The SMILES string of the molecule is [SiH3].[Ti].[V].[W]. The van der Waals surface area contributed by atoms with Gasteiger partial charge in [-0.3, -0.25) is 0 Å². The predicted molar refractivity (Wildman–Crippen MR) is 9.94 cm³/mol. The monoisotopic (exact) mass is 314 g/mol. The first kappa shape index (κ1) is 34.6. The molecule has 0 unspecified atom stereocenters. The normalized spacial score (nSPS) is 0. The van der Waals surface area contributed by atoms with Gasteiger partial charge in [0, 0.05) is 61.3 Å². The number of hydrogen-bond donors (Lipinski definition) is 0. The van der Waals surface area contributed by atoms with E-state index in [-0.39, 0.29) is 72.3 Å². The van der Waals surface area contributed by atoms with E-state index in [9.17, 15) is 0 Å². The van der Waals surface area contributed by atoms with E-state index in [4.69, 9.17) is 0 Å². The van der Waals surface area contributed by atoms with Crippen LogP contribution in [0.5, 0.6) is 0 Å². The first-order chi connectivity index (χ1) is 0. The predicted octanol–water partition coefficient (Wildman–Crippen LogP) is -1.19.